The number of hydrogen-bond acceptors (Lipinski definition) is 0. The second kappa shape index (κ2) is 44.1. The van der Waals surface area contributed by atoms with Crippen LogP contribution in [-0.2, 0) is 0 Å². The lowest BCUT2D eigenvalue weighted by molar-refractivity contribution is 0.670. The molecule has 0 fully saturated rings. The Bertz CT molecular complexity index is 917. The fourth-order valence-corrected chi connectivity index (χ4v) is 4.61. The number of hydrogen-bond donors (Lipinski definition) is 0. The summed E-state index contributed by atoms with van der Waals surface area (Å²) in [6, 6.07) is 20.8. The molecule has 0 spiro atoms. The van der Waals surface area contributed by atoms with Gasteiger partial charge in [-0.2, -0.15) is 0 Å². The molecule has 0 radical (unpaired) electrons. The molecule has 0 bridgehead atoms. The van der Waals surface area contributed by atoms with Gasteiger partial charge in [-0.15, -0.1) is 6.58 Å². The highest BCUT2D eigenvalue weighted by molar-refractivity contribution is 5.63. The monoisotopic (exact) mass is 657 g/mol. The van der Waals surface area contributed by atoms with Crippen LogP contribution in [0.3, 0.4) is 0 Å². The van der Waals surface area contributed by atoms with Crippen molar-refractivity contribution >= 4 is 11.1 Å². The van der Waals surface area contributed by atoms with Crippen LogP contribution in [0.15, 0.2) is 98.1 Å². The van der Waals surface area contributed by atoms with E-state index in [1.807, 2.05) is 45.0 Å². The van der Waals surface area contributed by atoms with E-state index < -0.39 is 0 Å². The molecule has 48 heavy (non-hydrogen) atoms. The summed E-state index contributed by atoms with van der Waals surface area (Å²) in [5.74, 6) is 0. The average molecular weight is 657 g/mol. The van der Waals surface area contributed by atoms with E-state index in [0.717, 1.165) is 18.4 Å². The van der Waals surface area contributed by atoms with Gasteiger partial charge >= 0.3 is 0 Å². The van der Waals surface area contributed by atoms with E-state index in [2.05, 4.69) is 108 Å². The standard InChI is InChI=1S/C15H22.C14H27.C9H10.C8H15.C2H6/c1-3-4-5-6-8-11-14(2)15-12-9-7-10-13-15;1-3-5-7-9-11-13-14-12-10-8-6-4-2;1-8(2)9-6-4-3-5-7-9;1-3-5-7-8-6-4-2;1-2/h7,9-13H,3-6,8H2,1-2H3;13-14H,1,3-12H2,2H3;3-7H,1H2,2H3;3H,1-2,4-8H2;1-2H3/q;+1;;+1;/b14-11+;14-13+;;;. The predicted molar refractivity (Wildman–Crippen MR) is 226 cm³/mol. The Morgan fingerprint density at radius 1 is 0.542 bits per heavy atom. The quantitative estimate of drug-likeness (QED) is 0.0672. The number of allylic oxidation sites excluding steroid dienone is 6. The van der Waals surface area contributed by atoms with Gasteiger partial charge in [0.2, 0.25) is 0 Å². The summed E-state index contributed by atoms with van der Waals surface area (Å²) in [7, 11) is 0. The molecule has 2 aromatic carbocycles. The smallest absolute Gasteiger partial charge is 0.0850 e. The van der Waals surface area contributed by atoms with Crippen molar-refractivity contribution in [2.75, 3.05) is 0 Å². The zero-order valence-corrected chi connectivity index (χ0v) is 33.1. The first-order valence-corrected chi connectivity index (χ1v) is 19.8. The first-order valence-electron chi connectivity index (χ1n) is 19.8. The van der Waals surface area contributed by atoms with Crippen molar-refractivity contribution in [1.82, 2.24) is 0 Å². The summed E-state index contributed by atoms with van der Waals surface area (Å²) in [5.41, 5.74) is 5.10. The highest BCUT2D eigenvalue weighted by atomic mass is 14.0. The minimum absolute atomic E-state index is 1.08. The molecular weight excluding hydrogens is 577 g/mol. The maximum absolute atomic E-state index is 3.84. The zero-order valence-electron chi connectivity index (χ0n) is 33.1. The van der Waals surface area contributed by atoms with Crippen LogP contribution in [0.4, 0.5) is 0 Å². The molecule has 0 aliphatic rings. The van der Waals surface area contributed by atoms with Gasteiger partial charge in [0.1, 0.15) is 0 Å². The lowest BCUT2D eigenvalue weighted by atomic mass is 10.0. The average Bonchev–Trinajstić information content (AvgIpc) is 3.13. The van der Waals surface area contributed by atoms with Gasteiger partial charge in [0.05, 0.1) is 26.7 Å². The molecule has 0 aromatic heterocycles. The summed E-state index contributed by atoms with van der Waals surface area (Å²) < 4.78 is 0. The molecule has 2 rings (SSSR count). The molecule has 0 amide bonds. The van der Waals surface area contributed by atoms with Gasteiger partial charge in [-0.25, -0.2) is 0 Å². The molecule has 0 aliphatic carbocycles. The van der Waals surface area contributed by atoms with Crippen molar-refractivity contribution in [2.24, 2.45) is 0 Å². The van der Waals surface area contributed by atoms with Gasteiger partial charge < -0.3 is 0 Å². The van der Waals surface area contributed by atoms with E-state index in [1.54, 1.807) is 0 Å². The number of benzene rings is 2. The number of unbranched alkanes of at least 4 members (excludes halogenated alkanes) is 16. The fraction of sp³-hybridized carbons (Fsp3) is 0.542. The van der Waals surface area contributed by atoms with Crippen LogP contribution < -0.4 is 0 Å². The maximum atomic E-state index is 3.84. The minimum Gasteiger partial charge on any atom is -0.103 e. The van der Waals surface area contributed by atoms with Crippen LogP contribution in [0.1, 0.15) is 181 Å². The molecule has 0 atom stereocenters. The van der Waals surface area contributed by atoms with Crippen molar-refractivity contribution in [2.45, 2.75) is 170 Å². The maximum Gasteiger partial charge on any atom is 0.0850 e. The molecule has 0 nitrogen and oxygen atoms in total. The molecule has 0 heterocycles. The lowest BCUT2D eigenvalue weighted by Gasteiger charge is -2.01. The van der Waals surface area contributed by atoms with E-state index in [1.165, 1.54) is 132 Å². The van der Waals surface area contributed by atoms with Gasteiger partial charge in [0.25, 0.3) is 0 Å². The third-order valence-corrected chi connectivity index (χ3v) is 7.67. The molecule has 0 aliphatic heterocycles. The Morgan fingerprint density at radius 2 is 0.938 bits per heavy atom. The normalized spacial score (nSPS) is 10.2. The summed E-state index contributed by atoms with van der Waals surface area (Å²) >= 11 is 0. The molecule has 0 heteroatoms. The van der Waals surface area contributed by atoms with E-state index in [4.69, 9.17) is 0 Å². The van der Waals surface area contributed by atoms with Gasteiger partial charge in [0.15, 0.2) is 0 Å². The minimum atomic E-state index is 1.08. The Hall–Kier alpha value is -2.86. The van der Waals surface area contributed by atoms with Crippen molar-refractivity contribution in [3.8, 4) is 0 Å². The Kier molecular flexibility index (Phi) is 45.5. The van der Waals surface area contributed by atoms with Crippen LogP contribution in [0.2, 0.25) is 0 Å². The fourth-order valence-electron chi connectivity index (χ4n) is 4.61. The van der Waals surface area contributed by atoms with E-state index in [0.29, 0.717) is 0 Å². The first-order chi connectivity index (χ1) is 23.5. The predicted octanol–water partition coefficient (Wildman–Crippen LogP) is 17.1. The van der Waals surface area contributed by atoms with Crippen molar-refractivity contribution < 1.29 is 0 Å². The van der Waals surface area contributed by atoms with E-state index >= 15 is 0 Å². The van der Waals surface area contributed by atoms with Crippen molar-refractivity contribution in [3.05, 3.63) is 123 Å². The largest absolute Gasteiger partial charge is 0.103 e. The number of rotatable bonds is 22. The topological polar surface area (TPSA) is 0 Å². The Labute approximate surface area is 303 Å². The molecule has 270 valence electrons. The van der Waals surface area contributed by atoms with E-state index in [-0.39, 0.29) is 0 Å². The summed E-state index contributed by atoms with van der Waals surface area (Å²) in [6.07, 6.45) is 35.0. The van der Waals surface area contributed by atoms with Gasteiger partial charge in [-0.1, -0.05) is 163 Å². The molecule has 0 N–H and O–H groups in total. The van der Waals surface area contributed by atoms with Gasteiger partial charge in [-0.05, 0) is 108 Å². The first kappa shape index (κ1) is 49.5. The Morgan fingerprint density at radius 3 is 1.31 bits per heavy atom. The second-order valence-electron chi connectivity index (χ2n) is 12.3. The zero-order chi connectivity index (χ0) is 36.4. The van der Waals surface area contributed by atoms with Gasteiger partial charge in [0, 0.05) is 0 Å². The SMILES string of the molecule is C=C(C)c1ccccc1.C=CCCCCC[CH2+].CC.CCCCCC/C=C(\C)c1ccccc1.[CH2+]CCCCC/C=C/CCCCCC. The third-order valence-electron chi connectivity index (χ3n) is 7.67. The summed E-state index contributed by atoms with van der Waals surface area (Å²) in [5, 5.41) is 0. The van der Waals surface area contributed by atoms with Crippen LogP contribution in [0.25, 0.3) is 11.1 Å². The Balaban J connectivity index is -0.000000569. The summed E-state index contributed by atoms with van der Waals surface area (Å²) in [4.78, 5) is 0. The van der Waals surface area contributed by atoms with E-state index in [9.17, 15) is 0 Å². The second-order valence-corrected chi connectivity index (χ2v) is 12.3. The van der Waals surface area contributed by atoms with Crippen LogP contribution in [0.5, 0.6) is 0 Å². The highest BCUT2D eigenvalue weighted by Crippen LogP contribution is 2.15. The van der Waals surface area contributed by atoms with Crippen molar-refractivity contribution in [3.63, 3.8) is 0 Å². The highest BCUT2D eigenvalue weighted by Gasteiger charge is 1.93. The van der Waals surface area contributed by atoms with Crippen LogP contribution >= 0.6 is 0 Å². The van der Waals surface area contributed by atoms with Crippen LogP contribution in [0, 0.1) is 13.8 Å². The lowest BCUT2D eigenvalue weighted by Crippen LogP contribution is -1.79. The summed E-state index contributed by atoms with van der Waals surface area (Å²) in [6.45, 7) is 27.8. The van der Waals surface area contributed by atoms with Crippen molar-refractivity contribution in [1.29, 1.82) is 0 Å². The molecule has 0 saturated carbocycles. The van der Waals surface area contributed by atoms with Gasteiger partial charge in [-0.3, -0.25) is 0 Å². The van der Waals surface area contributed by atoms with Crippen LogP contribution in [-0.4, -0.2) is 0 Å². The molecular formula is C48H80+2. The molecule has 0 saturated heterocycles. The third kappa shape index (κ3) is 39.3. The molecule has 2 aromatic rings. The molecule has 0 unspecified atom stereocenters.